The van der Waals surface area contributed by atoms with Crippen LogP contribution in [0.2, 0.25) is 10.0 Å². The molecule has 22 heavy (non-hydrogen) atoms. The fourth-order valence-electron chi connectivity index (χ4n) is 1.71. The van der Waals surface area contributed by atoms with E-state index in [1.165, 1.54) is 36.4 Å². The molecule has 0 bridgehead atoms. The van der Waals surface area contributed by atoms with Crippen LogP contribution in [0.3, 0.4) is 0 Å². The Balaban J connectivity index is 2.42. The molecule has 0 aromatic heterocycles. The number of sulfonamides is 1. The highest BCUT2D eigenvalue weighted by molar-refractivity contribution is 7.92. The minimum absolute atomic E-state index is 0.0832. The van der Waals surface area contributed by atoms with E-state index in [2.05, 4.69) is 4.72 Å². The molecule has 0 aliphatic heterocycles. The SMILES string of the molecule is Cc1ccc(C(=O)[O-])cc1NS(=O)(=O)c1ccc(Cl)c(Cl)c1. The number of benzene rings is 2. The van der Waals surface area contributed by atoms with Gasteiger partial charge in [0.15, 0.2) is 0 Å². The van der Waals surface area contributed by atoms with E-state index in [1.54, 1.807) is 6.92 Å². The van der Waals surface area contributed by atoms with Crippen LogP contribution in [0.15, 0.2) is 41.3 Å². The quantitative estimate of drug-likeness (QED) is 0.909. The number of halogens is 2. The highest BCUT2D eigenvalue weighted by atomic mass is 35.5. The summed E-state index contributed by atoms with van der Waals surface area (Å²) in [6.45, 7) is 1.64. The van der Waals surface area contributed by atoms with Crippen molar-refractivity contribution in [3.8, 4) is 0 Å². The zero-order valence-corrected chi connectivity index (χ0v) is 13.6. The number of hydrogen-bond acceptors (Lipinski definition) is 4. The van der Waals surface area contributed by atoms with Crippen molar-refractivity contribution in [2.75, 3.05) is 4.72 Å². The molecule has 0 heterocycles. The first-order valence-corrected chi connectivity index (χ1v) is 8.24. The van der Waals surface area contributed by atoms with Gasteiger partial charge in [0.2, 0.25) is 0 Å². The summed E-state index contributed by atoms with van der Waals surface area (Å²) in [6.07, 6.45) is 0. The summed E-state index contributed by atoms with van der Waals surface area (Å²) in [7, 11) is -3.92. The van der Waals surface area contributed by atoms with E-state index in [0.717, 1.165) is 0 Å². The molecule has 0 radical (unpaired) electrons. The molecule has 0 spiro atoms. The van der Waals surface area contributed by atoms with Crippen molar-refractivity contribution in [2.24, 2.45) is 0 Å². The van der Waals surface area contributed by atoms with Crippen LogP contribution in [-0.2, 0) is 10.0 Å². The van der Waals surface area contributed by atoms with Crippen LogP contribution >= 0.6 is 23.2 Å². The van der Waals surface area contributed by atoms with Crippen molar-refractivity contribution in [3.63, 3.8) is 0 Å². The maximum atomic E-state index is 12.3. The maximum Gasteiger partial charge on any atom is 0.261 e. The average Bonchev–Trinajstić information content (AvgIpc) is 2.43. The second-order valence-corrected chi connectivity index (χ2v) is 7.00. The molecule has 2 aromatic rings. The number of nitrogens with one attached hydrogen (secondary N) is 1. The summed E-state index contributed by atoms with van der Waals surface area (Å²) in [5.74, 6) is -1.39. The third-order valence-electron chi connectivity index (χ3n) is 2.92. The fourth-order valence-corrected chi connectivity index (χ4v) is 3.22. The third-order valence-corrected chi connectivity index (χ3v) is 5.02. The highest BCUT2D eigenvalue weighted by Crippen LogP contribution is 2.27. The van der Waals surface area contributed by atoms with Gasteiger partial charge in [-0.3, -0.25) is 4.72 Å². The van der Waals surface area contributed by atoms with Gasteiger partial charge in [0.1, 0.15) is 0 Å². The van der Waals surface area contributed by atoms with Crippen molar-refractivity contribution in [3.05, 3.63) is 57.6 Å². The highest BCUT2D eigenvalue weighted by Gasteiger charge is 2.17. The molecule has 2 aromatic carbocycles. The van der Waals surface area contributed by atoms with Crippen LogP contribution in [0.5, 0.6) is 0 Å². The van der Waals surface area contributed by atoms with Gasteiger partial charge in [-0.1, -0.05) is 35.3 Å². The lowest BCUT2D eigenvalue weighted by Gasteiger charge is -2.13. The summed E-state index contributed by atoms with van der Waals surface area (Å²) in [6, 6.07) is 7.89. The van der Waals surface area contributed by atoms with Crippen LogP contribution in [0.4, 0.5) is 5.69 Å². The normalized spacial score (nSPS) is 11.2. The van der Waals surface area contributed by atoms with E-state index in [-0.39, 0.29) is 26.2 Å². The first kappa shape index (κ1) is 16.6. The standard InChI is InChI=1S/C14H11Cl2NO4S/c1-8-2-3-9(14(18)19)6-13(8)17-22(20,21)10-4-5-11(15)12(16)7-10/h2-7,17H,1H3,(H,18,19)/p-1. The Labute approximate surface area is 137 Å². The van der Waals surface area contributed by atoms with E-state index < -0.39 is 16.0 Å². The Morgan fingerprint density at radius 3 is 2.36 bits per heavy atom. The van der Waals surface area contributed by atoms with E-state index >= 15 is 0 Å². The van der Waals surface area contributed by atoms with Crippen LogP contribution < -0.4 is 9.83 Å². The van der Waals surface area contributed by atoms with E-state index in [0.29, 0.717) is 5.56 Å². The van der Waals surface area contributed by atoms with Crippen molar-refractivity contribution in [1.82, 2.24) is 0 Å². The zero-order valence-electron chi connectivity index (χ0n) is 11.3. The summed E-state index contributed by atoms with van der Waals surface area (Å²) in [4.78, 5) is 10.8. The molecule has 1 N–H and O–H groups in total. The summed E-state index contributed by atoms with van der Waals surface area (Å²) in [5, 5.41) is 11.2. The van der Waals surface area contributed by atoms with Gasteiger partial charge < -0.3 is 9.90 Å². The lowest BCUT2D eigenvalue weighted by Crippen LogP contribution is -2.22. The van der Waals surface area contributed by atoms with Gasteiger partial charge >= 0.3 is 0 Å². The molecule has 0 aliphatic rings. The number of carbonyl (C=O) groups is 1. The Hall–Kier alpha value is -1.76. The number of carbonyl (C=O) groups excluding carboxylic acids is 1. The second-order valence-electron chi connectivity index (χ2n) is 4.50. The number of carboxylic acids is 1. The molecule has 0 saturated carbocycles. The van der Waals surface area contributed by atoms with E-state index in [1.807, 2.05) is 0 Å². The first-order valence-electron chi connectivity index (χ1n) is 6.00. The number of aromatic carboxylic acids is 1. The van der Waals surface area contributed by atoms with Crippen molar-refractivity contribution in [1.29, 1.82) is 0 Å². The fraction of sp³-hybridized carbons (Fsp3) is 0.0714. The van der Waals surface area contributed by atoms with Crippen molar-refractivity contribution >= 4 is 44.9 Å². The predicted molar refractivity (Wildman–Crippen MR) is 82.8 cm³/mol. The summed E-state index contributed by atoms with van der Waals surface area (Å²) < 4.78 is 27.0. The molecule has 116 valence electrons. The molecule has 0 unspecified atom stereocenters. The lowest BCUT2D eigenvalue weighted by molar-refractivity contribution is -0.255. The molecule has 0 fully saturated rings. The topological polar surface area (TPSA) is 86.3 Å². The van der Waals surface area contributed by atoms with Crippen LogP contribution in [0.1, 0.15) is 15.9 Å². The number of carboxylic acid groups (broad SMARTS) is 1. The second kappa shape index (κ2) is 6.16. The number of rotatable bonds is 4. The Bertz CT molecular complexity index is 850. The van der Waals surface area contributed by atoms with Gasteiger partial charge in [-0.2, -0.15) is 0 Å². The van der Waals surface area contributed by atoms with Crippen LogP contribution in [-0.4, -0.2) is 14.4 Å². The monoisotopic (exact) mass is 358 g/mol. The van der Waals surface area contributed by atoms with E-state index in [9.17, 15) is 18.3 Å². The third kappa shape index (κ3) is 3.52. The van der Waals surface area contributed by atoms with Gasteiger partial charge in [-0.15, -0.1) is 0 Å². The molecular weight excluding hydrogens is 349 g/mol. The average molecular weight is 359 g/mol. The minimum atomic E-state index is -3.92. The van der Waals surface area contributed by atoms with Crippen LogP contribution in [0, 0.1) is 6.92 Å². The van der Waals surface area contributed by atoms with Gasteiger partial charge in [0.25, 0.3) is 10.0 Å². The molecule has 0 amide bonds. The van der Waals surface area contributed by atoms with Gasteiger partial charge in [0, 0.05) is 0 Å². The Morgan fingerprint density at radius 1 is 1.09 bits per heavy atom. The lowest BCUT2D eigenvalue weighted by atomic mass is 10.1. The van der Waals surface area contributed by atoms with Crippen molar-refractivity contribution in [2.45, 2.75) is 11.8 Å². The molecular formula is C14H10Cl2NO4S-. The molecule has 5 nitrogen and oxygen atoms in total. The van der Waals surface area contributed by atoms with E-state index in [4.69, 9.17) is 23.2 Å². The number of aryl methyl sites for hydroxylation is 1. The Kier molecular flexibility index (Phi) is 4.65. The van der Waals surface area contributed by atoms with Gasteiger partial charge in [-0.25, -0.2) is 8.42 Å². The summed E-state index contributed by atoms with van der Waals surface area (Å²) in [5.41, 5.74) is 0.582. The predicted octanol–water partition coefficient (Wildman–Crippen LogP) is 2.47. The Morgan fingerprint density at radius 2 is 1.77 bits per heavy atom. The zero-order chi connectivity index (χ0) is 16.5. The molecule has 0 atom stereocenters. The number of hydrogen-bond donors (Lipinski definition) is 1. The molecule has 2 rings (SSSR count). The first-order chi connectivity index (χ1) is 10.2. The summed E-state index contributed by atoms with van der Waals surface area (Å²) >= 11 is 11.6. The molecule has 8 heteroatoms. The maximum absolute atomic E-state index is 12.3. The molecule has 0 aliphatic carbocycles. The number of anilines is 1. The van der Waals surface area contributed by atoms with Gasteiger partial charge in [-0.05, 0) is 42.3 Å². The minimum Gasteiger partial charge on any atom is -0.545 e. The van der Waals surface area contributed by atoms with Crippen LogP contribution in [0.25, 0.3) is 0 Å². The van der Waals surface area contributed by atoms with Crippen molar-refractivity contribution < 1.29 is 18.3 Å². The largest absolute Gasteiger partial charge is 0.545 e. The van der Waals surface area contributed by atoms with Gasteiger partial charge in [0.05, 0.1) is 26.6 Å². The smallest absolute Gasteiger partial charge is 0.261 e. The molecule has 0 saturated heterocycles.